The molecule has 6 nitrogen and oxygen atoms in total. The molecule has 0 aliphatic carbocycles. The van der Waals surface area contributed by atoms with Crippen LogP contribution in [0.1, 0.15) is 22.8 Å². The predicted octanol–water partition coefficient (Wildman–Crippen LogP) is 2.04. The standard InChI is InChI=1S/C12H12F2N4O2/c1-3-20-12-16-11(17-18-12)15-10(19)8-7(13)5-4-6(2)9(8)14/h4-5H,3H2,1-2H3,(H2,15,16,17,18,19). The third kappa shape index (κ3) is 2.73. The van der Waals surface area contributed by atoms with Crippen LogP contribution in [0.5, 0.6) is 6.01 Å². The third-order valence-electron chi connectivity index (χ3n) is 2.48. The highest BCUT2D eigenvalue weighted by Gasteiger charge is 2.20. The zero-order valence-electron chi connectivity index (χ0n) is 10.8. The fourth-order valence-electron chi connectivity index (χ4n) is 1.53. The van der Waals surface area contributed by atoms with Gasteiger partial charge in [0.05, 0.1) is 6.61 Å². The molecule has 8 heteroatoms. The number of hydrogen-bond donors (Lipinski definition) is 2. The Labute approximate surface area is 113 Å². The molecule has 20 heavy (non-hydrogen) atoms. The number of rotatable bonds is 4. The number of amides is 1. The Balaban J connectivity index is 2.21. The Kier molecular flexibility index (Phi) is 3.92. The van der Waals surface area contributed by atoms with Crippen molar-refractivity contribution in [3.05, 3.63) is 34.9 Å². The normalized spacial score (nSPS) is 10.4. The molecule has 1 aromatic carbocycles. The summed E-state index contributed by atoms with van der Waals surface area (Å²) in [5.74, 6) is -2.87. The number of nitrogens with one attached hydrogen (secondary N) is 2. The van der Waals surface area contributed by atoms with Crippen molar-refractivity contribution in [3.63, 3.8) is 0 Å². The summed E-state index contributed by atoms with van der Waals surface area (Å²) < 4.78 is 32.3. The van der Waals surface area contributed by atoms with Crippen molar-refractivity contribution in [1.82, 2.24) is 15.2 Å². The summed E-state index contributed by atoms with van der Waals surface area (Å²) >= 11 is 0. The second-order valence-electron chi connectivity index (χ2n) is 3.91. The summed E-state index contributed by atoms with van der Waals surface area (Å²) in [5.41, 5.74) is -0.497. The number of aromatic nitrogens is 3. The van der Waals surface area contributed by atoms with Gasteiger partial charge in [-0.05, 0) is 25.5 Å². The molecule has 0 spiro atoms. The zero-order chi connectivity index (χ0) is 14.7. The van der Waals surface area contributed by atoms with Crippen molar-refractivity contribution in [1.29, 1.82) is 0 Å². The van der Waals surface area contributed by atoms with Crippen LogP contribution in [0.15, 0.2) is 12.1 Å². The molecular formula is C12H12F2N4O2. The molecule has 106 valence electrons. The number of halogens is 2. The van der Waals surface area contributed by atoms with E-state index in [9.17, 15) is 13.6 Å². The van der Waals surface area contributed by atoms with E-state index in [0.717, 1.165) is 6.07 Å². The van der Waals surface area contributed by atoms with E-state index in [0.29, 0.717) is 6.61 Å². The van der Waals surface area contributed by atoms with Crippen LogP contribution in [0.2, 0.25) is 0 Å². The fraction of sp³-hybridized carbons (Fsp3) is 0.250. The van der Waals surface area contributed by atoms with Crippen LogP contribution in [0.25, 0.3) is 0 Å². The van der Waals surface area contributed by atoms with E-state index in [1.165, 1.54) is 13.0 Å². The van der Waals surface area contributed by atoms with E-state index in [1.54, 1.807) is 6.92 Å². The third-order valence-corrected chi connectivity index (χ3v) is 2.48. The highest BCUT2D eigenvalue weighted by atomic mass is 19.1. The van der Waals surface area contributed by atoms with Crippen molar-refractivity contribution in [2.24, 2.45) is 0 Å². The van der Waals surface area contributed by atoms with Gasteiger partial charge in [0.15, 0.2) is 0 Å². The monoisotopic (exact) mass is 282 g/mol. The first-order valence-corrected chi connectivity index (χ1v) is 5.84. The number of carbonyl (C=O) groups excluding carboxylic acids is 1. The van der Waals surface area contributed by atoms with Crippen LogP contribution in [-0.4, -0.2) is 27.7 Å². The minimum absolute atomic E-state index is 0.0352. The molecule has 1 aromatic heterocycles. The van der Waals surface area contributed by atoms with Crippen LogP contribution in [0.3, 0.4) is 0 Å². The summed E-state index contributed by atoms with van der Waals surface area (Å²) in [7, 11) is 0. The topological polar surface area (TPSA) is 79.9 Å². The Morgan fingerprint density at radius 3 is 2.90 bits per heavy atom. The van der Waals surface area contributed by atoms with Crippen LogP contribution in [-0.2, 0) is 0 Å². The molecule has 2 N–H and O–H groups in total. The number of benzene rings is 1. The van der Waals surface area contributed by atoms with Gasteiger partial charge in [-0.1, -0.05) is 6.07 Å². The van der Waals surface area contributed by atoms with Gasteiger partial charge in [-0.2, -0.15) is 4.98 Å². The molecular weight excluding hydrogens is 270 g/mol. The summed E-state index contributed by atoms with van der Waals surface area (Å²) in [4.78, 5) is 15.6. The smallest absolute Gasteiger partial charge is 0.337 e. The van der Waals surface area contributed by atoms with Gasteiger partial charge in [-0.3, -0.25) is 10.1 Å². The molecule has 0 bridgehead atoms. The number of anilines is 1. The van der Waals surface area contributed by atoms with Gasteiger partial charge in [0.2, 0.25) is 5.95 Å². The van der Waals surface area contributed by atoms with Gasteiger partial charge < -0.3 is 4.74 Å². The lowest BCUT2D eigenvalue weighted by molar-refractivity contribution is 0.101. The van der Waals surface area contributed by atoms with E-state index < -0.39 is 23.1 Å². The molecule has 2 aromatic rings. The van der Waals surface area contributed by atoms with Crippen molar-refractivity contribution >= 4 is 11.9 Å². The molecule has 0 atom stereocenters. The van der Waals surface area contributed by atoms with E-state index in [-0.39, 0.29) is 17.5 Å². The summed E-state index contributed by atoms with van der Waals surface area (Å²) in [6.07, 6.45) is 0. The first-order chi connectivity index (χ1) is 9.52. The maximum atomic E-state index is 13.8. The van der Waals surface area contributed by atoms with Crippen LogP contribution >= 0.6 is 0 Å². The molecule has 1 heterocycles. The van der Waals surface area contributed by atoms with Crippen LogP contribution < -0.4 is 10.1 Å². The fourth-order valence-corrected chi connectivity index (χ4v) is 1.53. The average molecular weight is 282 g/mol. The Morgan fingerprint density at radius 2 is 2.20 bits per heavy atom. The molecule has 0 saturated heterocycles. The van der Waals surface area contributed by atoms with E-state index in [2.05, 4.69) is 20.5 Å². The Hall–Kier alpha value is -2.51. The predicted molar refractivity (Wildman–Crippen MR) is 66.6 cm³/mol. The van der Waals surface area contributed by atoms with E-state index in [4.69, 9.17) is 4.74 Å². The van der Waals surface area contributed by atoms with Crippen molar-refractivity contribution in [2.75, 3.05) is 11.9 Å². The first-order valence-electron chi connectivity index (χ1n) is 5.84. The molecule has 0 aliphatic rings. The molecule has 2 rings (SSSR count). The van der Waals surface area contributed by atoms with Gasteiger partial charge in [-0.15, -0.1) is 5.10 Å². The summed E-state index contributed by atoms with van der Waals surface area (Å²) in [6.45, 7) is 3.53. The van der Waals surface area contributed by atoms with Crippen LogP contribution in [0.4, 0.5) is 14.7 Å². The second kappa shape index (κ2) is 5.64. The Bertz CT molecular complexity index is 642. The van der Waals surface area contributed by atoms with Gasteiger partial charge in [0.1, 0.15) is 17.2 Å². The van der Waals surface area contributed by atoms with Gasteiger partial charge in [0, 0.05) is 0 Å². The number of H-pyrrole nitrogens is 1. The molecule has 0 saturated carbocycles. The van der Waals surface area contributed by atoms with E-state index in [1.807, 2.05) is 0 Å². The van der Waals surface area contributed by atoms with Crippen molar-refractivity contribution in [2.45, 2.75) is 13.8 Å². The average Bonchev–Trinajstić information content (AvgIpc) is 2.82. The summed E-state index contributed by atoms with van der Waals surface area (Å²) in [6, 6.07) is 2.32. The largest absolute Gasteiger partial charge is 0.463 e. The number of nitrogens with zero attached hydrogens (tertiary/aromatic N) is 2. The number of aryl methyl sites for hydroxylation is 1. The number of carbonyl (C=O) groups is 1. The first kappa shape index (κ1) is 13.9. The van der Waals surface area contributed by atoms with Gasteiger partial charge in [0.25, 0.3) is 5.91 Å². The molecule has 0 aliphatic heterocycles. The van der Waals surface area contributed by atoms with Gasteiger partial charge >= 0.3 is 6.01 Å². The lowest BCUT2D eigenvalue weighted by Gasteiger charge is -2.06. The number of aromatic amines is 1. The molecule has 0 radical (unpaired) electrons. The van der Waals surface area contributed by atoms with Crippen molar-refractivity contribution < 1.29 is 18.3 Å². The number of hydrogen-bond acceptors (Lipinski definition) is 4. The van der Waals surface area contributed by atoms with E-state index >= 15 is 0 Å². The maximum absolute atomic E-state index is 13.8. The number of ether oxygens (including phenoxy) is 1. The summed E-state index contributed by atoms with van der Waals surface area (Å²) in [5, 5.41) is 8.25. The molecule has 0 fully saturated rings. The lowest BCUT2D eigenvalue weighted by Crippen LogP contribution is -2.17. The molecule has 0 unspecified atom stereocenters. The molecule has 1 amide bonds. The lowest BCUT2D eigenvalue weighted by atomic mass is 10.1. The SMILES string of the molecule is CCOc1n[nH]c(NC(=O)c2c(F)ccc(C)c2F)n1. The minimum atomic E-state index is -0.956. The maximum Gasteiger partial charge on any atom is 0.337 e. The minimum Gasteiger partial charge on any atom is -0.463 e. The van der Waals surface area contributed by atoms with Gasteiger partial charge in [-0.25, -0.2) is 13.9 Å². The zero-order valence-corrected chi connectivity index (χ0v) is 10.8. The second-order valence-corrected chi connectivity index (χ2v) is 3.91. The Morgan fingerprint density at radius 1 is 1.45 bits per heavy atom. The highest BCUT2D eigenvalue weighted by molar-refractivity contribution is 6.03. The quantitative estimate of drug-likeness (QED) is 0.899. The van der Waals surface area contributed by atoms with Crippen molar-refractivity contribution in [3.8, 4) is 6.01 Å². The van der Waals surface area contributed by atoms with Crippen LogP contribution in [0, 0.1) is 18.6 Å². The highest BCUT2D eigenvalue weighted by Crippen LogP contribution is 2.17.